The van der Waals surface area contributed by atoms with Gasteiger partial charge in [-0.05, 0) is 42.3 Å². The monoisotopic (exact) mass is 473 g/mol. The molecule has 4 aromatic rings. The molecule has 0 spiro atoms. The van der Waals surface area contributed by atoms with Gasteiger partial charge in [0.15, 0.2) is 0 Å². The Morgan fingerprint density at radius 3 is 2.26 bits per heavy atom. The summed E-state index contributed by atoms with van der Waals surface area (Å²) in [6, 6.07) is 19.2. The van der Waals surface area contributed by atoms with Crippen LogP contribution in [0.1, 0.15) is 32.7 Å². The number of methoxy groups -OCH3 is 3. The number of aryl methyl sites for hydroxylation is 1. The number of benzene rings is 3. The van der Waals surface area contributed by atoms with Crippen LogP contribution >= 0.6 is 0 Å². The van der Waals surface area contributed by atoms with Crippen LogP contribution in [0.25, 0.3) is 10.9 Å². The Labute approximate surface area is 204 Å². The van der Waals surface area contributed by atoms with Crippen molar-refractivity contribution < 1.29 is 24.1 Å². The van der Waals surface area contributed by atoms with Gasteiger partial charge in [0, 0.05) is 47.7 Å². The molecule has 0 fully saturated rings. The number of nitrogens with one attached hydrogen (secondary N) is 1. The van der Waals surface area contributed by atoms with Crippen LogP contribution in [0.3, 0.4) is 0 Å². The first-order valence-electron chi connectivity index (χ1n) is 11.3. The standard InChI is InChI=1S/C28H30N2O5/c1-18-5-12-23-24(16-29-15-20-8-11-22(34-3)14-26(20)35-4)27(28(31)32)30(25(23)13-18)17-19-6-9-21(33-2)10-7-19/h5-14,29H,15-17H2,1-4H3,(H,31,32)/p-1. The first-order valence-corrected chi connectivity index (χ1v) is 11.3. The fraction of sp³-hybridized carbons (Fsp3) is 0.250. The highest BCUT2D eigenvalue weighted by atomic mass is 16.5. The molecule has 1 N–H and O–H groups in total. The summed E-state index contributed by atoms with van der Waals surface area (Å²) in [7, 11) is 4.84. The summed E-state index contributed by atoms with van der Waals surface area (Å²) in [6.45, 7) is 3.25. The van der Waals surface area contributed by atoms with Gasteiger partial charge >= 0.3 is 0 Å². The number of hydrogen-bond acceptors (Lipinski definition) is 6. The Bertz CT molecular complexity index is 1340. The fourth-order valence-corrected chi connectivity index (χ4v) is 4.34. The molecule has 1 heterocycles. The van der Waals surface area contributed by atoms with E-state index in [1.807, 2.05) is 72.2 Å². The second-order valence-corrected chi connectivity index (χ2v) is 8.35. The van der Waals surface area contributed by atoms with Gasteiger partial charge in [0.2, 0.25) is 0 Å². The number of ether oxygens (including phenoxy) is 3. The molecule has 0 bridgehead atoms. The van der Waals surface area contributed by atoms with Crippen LogP contribution in [0.2, 0.25) is 0 Å². The zero-order valence-corrected chi connectivity index (χ0v) is 20.4. The molecular weight excluding hydrogens is 444 g/mol. The smallest absolute Gasteiger partial charge is 0.127 e. The van der Waals surface area contributed by atoms with Crippen LogP contribution in [0.5, 0.6) is 17.2 Å². The number of hydrogen-bond donors (Lipinski definition) is 1. The van der Waals surface area contributed by atoms with E-state index in [4.69, 9.17) is 14.2 Å². The van der Waals surface area contributed by atoms with Crippen LogP contribution in [0.4, 0.5) is 0 Å². The van der Waals surface area contributed by atoms with E-state index in [1.54, 1.807) is 21.3 Å². The van der Waals surface area contributed by atoms with Crippen LogP contribution < -0.4 is 24.6 Å². The van der Waals surface area contributed by atoms with Crippen molar-refractivity contribution in [1.82, 2.24) is 9.88 Å². The normalized spacial score (nSPS) is 11.0. The van der Waals surface area contributed by atoms with Crippen LogP contribution in [-0.4, -0.2) is 31.9 Å². The number of aromatic nitrogens is 1. The van der Waals surface area contributed by atoms with Gasteiger partial charge < -0.3 is 34.0 Å². The van der Waals surface area contributed by atoms with Gasteiger partial charge in [0.1, 0.15) is 17.2 Å². The molecule has 0 aliphatic rings. The molecule has 35 heavy (non-hydrogen) atoms. The molecule has 7 nitrogen and oxygen atoms in total. The van der Waals surface area contributed by atoms with Crippen LogP contribution in [0, 0.1) is 6.92 Å². The van der Waals surface area contributed by atoms with E-state index < -0.39 is 5.97 Å². The van der Waals surface area contributed by atoms with Crippen molar-refractivity contribution in [1.29, 1.82) is 0 Å². The molecule has 0 amide bonds. The molecule has 182 valence electrons. The minimum Gasteiger partial charge on any atom is -0.543 e. The molecule has 3 aromatic carbocycles. The largest absolute Gasteiger partial charge is 0.543 e. The first-order chi connectivity index (χ1) is 16.9. The third-order valence-corrected chi connectivity index (χ3v) is 6.13. The van der Waals surface area contributed by atoms with E-state index in [-0.39, 0.29) is 5.69 Å². The lowest BCUT2D eigenvalue weighted by atomic mass is 10.1. The van der Waals surface area contributed by atoms with Gasteiger partial charge in [0.25, 0.3) is 0 Å². The number of nitrogens with zero attached hydrogens (tertiary/aromatic N) is 1. The molecule has 7 heteroatoms. The Hall–Kier alpha value is -3.97. The van der Waals surface area contributed by atoms with Gasteiger partial charge in [-0.1, -0.05) is 30.3 Å². The SMILES string of the molecule is COc1ccc(Cn2c(C(=O)[O-])c(CNCc3ccc(OC)cc3OC)c3ccc(C)cc32)cc1. The van der Waals surface area contributed by atoms with E-state index in [0.717, 1.165) is 33.3 Å². The summed E-state index contributed by atoms with van der Waals surface area (Å²) in [5.74, 6) is 0.962. The average Bonchev–Trinajstić information content (AvgIpc) is 3.17. The van der Waals surface area contributed by atoms with Crippen molar-refractivity contribution in [3.05, 3.63) is 88.6 Å². The molecule has 0 atom stereocenters. The Morgan fingerprint density at radius 1 is 0.886 bits per heavy atom. The van der Waals surface area contributed by atoms with E-state index in [0.29, 0.717) is 36.7 Å². The topological polar surface area (TPSA) is 84.8 Å². The summed E-state index contributed by atoms with van der Waals surface area (Å²) >= 11 is 0. The summed E-state index contributed by atoms with van der Waals surface area (Å²) in [5, 5.41) is 16.6. The van der Waals surface area contributed by atoms with E-state index in [9.17, 15) is 9.90 Å². The third kappa shape index (κ3) is 5.10. The molecular formula is C28H29N2O5-. The molecule has 4 rings (SSSR count). The summed E-state index contributed by atoms with van der Waals surface area (Å²) in [5.41, 5.74) is 4.70. The lowest BCUT2D eigenvalue weighted by Gasteiger charge is -2.15. The molecule has 0 unspecified atom stereocenters. The van der Waals surface area contributed by atoms with Gasteiger partial charge in [-0.2, -0.15) is 0 Å². The number of fused-ring (bicyclic) bond motifs is 1. The van der Waals surface area contributed by atoms with Crippen molar-refractivity contribution in [2.75, 3.05) is 21.3 Å². The number of carbonyl (C=O) groups excluding carboxylic acids is 1. The van der Waals surface area contributed by atoms with Crippen molar-refractivity contribution >= 4 is 16.9 Å². The first kappa shape index (κ1) is 24.2. The second kappa shape index (κ2) is 10.5. The maximum Gasteiger partial charge on any atom is 0.127 e. The quantitative estimate of drug-likeness (QED) is 0.378. The number of rotatable bonds is 10. The van der Waals surface area contributed by atoms with Crippen LogP contribution in [0.15, 0.2) is 60.7 Å². The molecule has 0 aliphatic heterocycles. The van der Waals surface area contributed by atoms with Gasteiger partial charge in [-0.15, -0.1) is 0 Å². The van der Waals surface area contributed by atoms with Gasteiger partial charge in [-0.3, -0.25) is 0 Å². The average molecular weight is 474 g/mol. The summed E-state index contributed by atoms with van der Waals surface area (Å²) in [6.07, 6.45) is 0. The lowest BCUT2D eigenvalue weighted by molar-refractivity contribution is -0.255. The number of aromatic carboxylic acids is 1. The van der Waals surface area contributed by atoms with Crippen molar-refractivity contribution in [3.8, 4) is 17.2 Å². The molecule has 0 saturated carbocycles. The van der Waals surface area contributed by atoms with E-state index in [1.165, 1.54) is 0 Å². The summed E-state index contributed by atoms with van der Waals surface area (Å²) < 4.78 is 17.8. The fourth-order valence-electron chi connectivity index (χ4n) is 4.34. The van der Waals surface area contributed by atoms with Crippen molar-refractivity contribution in [2.24, 2.45) is 0 Å². The predicted octanol–water partition coefficient (Wildman–Crippen LogP) is 3.68. The predicted molar refractivity (Wildman–Crippen MR) is 133 cm³/mol. The maximum absolute atomic E-state index is 12.4. The highest BCUT2D eigenvalue weighted by Crippen LogP contribution is 2.29. The van der Waals surface area contributed by atoms with E-state index in [2.05, 4.69) is 5.32 Å². The Balaban J connectivity index is 1.68. The Kier molecular flexibility index (Phi) is 7.27. The van der Waals surface area contributed by atoms with Crippen molar-refractivity contribution in [2.45, 2.75) is 26.6 Å². The molecule has 0 aliphatic carbocycles. The number of carbonyl (C=O) groups is 1. The zero-order valence-electron chi connectivity index (χ0n) is 20.4. The number of carboxylic acids is 1. The molecule has 1 aromatic heterocycles. The van der Waals surface area contributed by atoms with Crippen LogP contribution in [-0.2, 0) is 19.6 Å². The molecule has 0 saturated heterocycles. The lowest BCUT2D eigenvalue weighted by Crippen LogP contribution is -2.28. The third-order valence-electron chi connectivity index (χ3n) is 6.13. The minimum atomic E-state index is -1.20. The zero-order chi connectivity index (χ0) is 24.9. The number of carboxylic acid groups (broad SMARTS) is 1. The highest BCUT2D eigenvalue weighted by Gasteiger charge is 2.19. The highest BCUT2D eigenvalue weighted by molar-refractivity contribution is 5.97. The van der Waals surface area contributed by atoms with Gasteiger partial charge in [0.05, 0.1) is 33.0 Å². The maximum atomic E-state index is 12.4. The van der Waals surface area contributed by atoms with E-state index >= 15 is 0 Å². The van der Waals surface area contributed by atoms with Gasteiger partial charge in [-0.25, -0.2) is 0 Å². The second-order valence-electron chi connectivity index (χ2n) is 8.35. The Morgan fingerprint density at radius 2 is 1.60 bits per heavy atom. The summed E-state index contributed by atoms with van der Waals surface area (Å²) in [4.78, 5) is 12.4. The minimum absolute atomic E-state index is 0.176. The molecule has 0 radical (unpaired) electrons. The van der Waals surface area contributed by atoms with Crippen molar-refractivity contribution in [3.63, 3.8) is 0 Å².